The van der Waals surface area contributed by atoms with E-state index in [0.29, 0.717) is 5.92 Å². The van der Waals surface area contributed by atoms with E-state index >= 15 is 0 Å². The third-order valence-corrected chi connectivity index (χ3v) is 7.40. The van der Waals surface area contributed by atoms with Crippen molar-refractivity contribution in [2.45, 2.75) is 65.3 Å². The molecular weight excluding hydrogens is 411 g/mol. The average Bonchev–Trinajstić information content (AvgIpc) is 3.00. The zero-order valence-corrected chi connectivity index (χ0v) is 21.0. The first-order valence-electron chi connectivity index (χ1n) is 12.3. The molecule has 2 fully saturated rings. The zero-order chi connectivity index (χ0) is 23.8. The smallest absolute Gasteiger partial charge is 0.399 e. The highest BCUT2D eigenvalue weighted by molar-refractivity contribution is 6.62. The maximum Gasteiger partial charge on any atom is 0.494 e. The number of hydrogen-bond acceptors (Lipinski definition) is 5. The van der Waals surface area contributed by atoms with E-state index in [1.165, 1.54) is 11.4 Å². The Balaban J connectivity index is 1.33. The second kappa shape index (κ2) is 9.32. The SMILES string of the molecule is CC(C)CC(O)c1ccc(N2CCN(c3ccc(B4OC(C)(C)C(C)(C)O4)cc3)CC2)cc1. The number of benzene rings is 2. The van der Waals surface area contributed by atoms with Crippen molar-refractivity contribution in [2.75, 3.05) is 36.0 Å². The minimum atomic E-state index is -0.379. The molecule has 2 aliphatic rings. The molecule has 0 spiro atoms. The number of nitrogens with zero attached hydrogens (tertiary/aromatic N) is 2. The van der Waals surface area contributed by atoms with E-state index in [0.717, 1.165) is 43.6 Å². The van der Waals surface area contributed by atoms with Gasteiger partial charge in [0.1, 0.15) is 0 Å². The molecule has 6 heteroatoms. The van der Waals surface area contributed by atoms with Crippen LogP contribution in [0.4, 0.5) is 11.4 Å². The van der Waals surface area contributed by atoms with Gasteiger partial charge in [0.05, 0.1) is 17.3 Å². The van der Waals surface area contributed by atoms with Gasteiger partial charge in [-0.05, 0) is 75.3 Å². The van der Waals surface area contributed by atoms with Crippen molar-refractivity contribution in [3.05, 3.63) is 54.1 Å². The Morgan fingerprint density at radius 1 is 0.788 bits per heavy atom. The molecule has 0 aromatic heterocycles. The normalized spacial score (nSPS) is 21.0. The number of anilines is 2. The van der Waals surface area contributed by atoms with Gasteiger partial charge in [-0.15, -0.1) is 0 Å². The first-order chi connectivity index (χ1) is 15.6. The summed E-state index contributed by atoms with van der Waals surface area (Å²) in [6, 6.07) is 17.1. The number of aliphatic hydroxyl groups is 1. The molecular formula is C27H39BN2O3. The number of rotatable bonds is 6. The largest absolute Gasteiger partial charge is 0.494 e. The lowest BCUT2D eigenvalue weighted by Gasteiger charge is -2.37. The van der Waals surface area contributed by atoms with Crippen molar-refractivity contribution in [1.29, 1.82) is 0 Å². The van der Waals surface area contributed by atoms with E-state index in [1.54, 1.807) is 0 Å². The summed E-state index contributed by atoms with van der Waals surface area (Å²) in [4.78, 5) is 4.86. The molecule has 178 valence electrons. The minimum absolute atomic E-state index is 0.317. The van der Waals surface area contributed by atoms with E-state index in [-0.39, 0.29) is 24.4 Å². The van der Waals surface area contributed by atoms with Crippen LogP contribution in [0.5, 0.6) is 0 Å². The van der Waals surface area contributed by atoms with Crippen LogP contribution >= 0.6 is 0 Å². The van der Waals surface area contributed by atoms with Crippen molar-refractivity contribution in [3.63, 3.8) is 0 Å². The lowest BCUT2D eigenvalue weighted by molar-refractivity contribution is 0.00578. The van der Waals surface area contributed by atoms with Crippen LogP contribution in [0.25, 0.3) is 0 Å². The molecule has 4 rings (SSSR count). The zero-order valence-electron chi connectivity index (χ0n) is 21.0. The topological polar surface area (TPSA) is 45.2 Å². The molecule has 2 heterocycles. The van der Waals surface area contributed by atoms with Gasteiger partial charge in [0.15, 0.2) is 0 Å². The summed E-state index contributed by atoms with van der Waals surface area (Å²) in [5, 5.41) is 10.4. The Morgan fingerprint density at radius 3 is 1.64 bits per heavy atom. The second-order valence-electron chi connectivity index (χ2n) is 10.9. The highest BCUT2D eigenvalue weighted by Crippen LogP contribution is 2.36. The molecule has 2 saturated heterocycles. The highest BCUT2D eigenvalue weighted by atomic mass is 16.7. The van der Waals surface area contributed by atoms with Crippen molar-refractivity contribution < 1.29 is 14.4 Å². The molecule has 5 nitrogen and oxygen atoms in total. The number of hydrogen-bond donors (Lipinski definition) is 1. The summed E-state index contributed by atoms with van der Waals surface area (Å²) >= 11 is 0. The highest BCUT2D eigenvalue weighted by Gasteiger charge is 2.51. The predicted molar refractivity (Wildman–Crippen MR) is 137 cm³/mol. The number of aliphatic hydroxyl groups excluding tert-OH is 1. The van der Waals surface area contributed by atoms with E-state index in [4.69, 9.17) is 9.31 Å². The van der Waals surface area contributed by atoms with E-state index in [1.807, 2.05) is 0 Å². The monoisotopic (exact) mass is 450 g/mol. The Hall–Kier alpha value is -2.02. The Bertz CT molecular complexity index is 903. The van der Waals surface area contributed by atoms with Gasteiger partial charge in [-0.2, -0.15) is 0 Å². The maximum atomic E-state index is 10.4. The molecule has 2 aromatic rings. The average molecular weight is 450 g/mol. The van der Waals surface area contributed by atoms with Crippen LogP contribution in [-0.2, 0) is 9.31 Å². The van der Waals surface area contributed by atoms with Crippen LogP contribution in [-0.4, -0.2) is 49.6 Å². The quantitative estimate of drug-likeness (QED) is 0.662. The van der Waals surface area contributed by atoms with Crippen molar-refractivity contribution in [1.82, 2.24) is 0 Å². The summed E-state index contributed by atoms with van der Waals surface area (Å²) in [5.41, 5.74) is 3.90. The molecule has 0 saturated carbocycles. The van der Waals surface area contributed by atoms with Crippen LogP contribution in [0.1, 0.15) is 59.6 Å². The van der Waals surface area contributed by atoms with Crippen molar-refractivity contribution in [3.8, 4) is 0 Å². The Labute approximate surface area is 199 Å². The standard InChI is InChI=1S/C27H39BN2O3/c1-20(2)19-25(31)21-7-11-23(12-8-21)29-15-17-30(18-16-29)24-13-9-22(10-14-24)28-32-26(3,4)27(5,6)33-28/h7-14,20,25,31H,15-19H2,1-6H3. The van der Waals surface area contributed by atoms with E-state index in [9.17, 15) is 5.11 Å². The summed E-state index contributed by atoms with van der Waals surface area (Å²) in [7, 11) is -0.317. The molecule has 0 radical (unpaired) electrons. The third-order valence-electron chi connectivity index (χ3n) is 7.40. The van der Waals surface area contributed by atoms with Crippen LogP contribution in [0.15, 0.2) is 48.5 Å². The fraction of sp³-hybridized carbons (Fsp3) is 0.556. The van der Waals surface area contributed by atoms with Crippen LogP contribution in [0.3, 0.4) is 0 Å². The van der Waals surface area contributed by atoms with Crippen LogP contribution in [0, 0.1) is 5.92 Å². The fourth-order valence-corrected chi connectivity index (χ4v) is 4.53. The molecule has 0 amide bonds. The summed E-state index contributed by atoms with van der Waals surface area (Å²) in [6.45, 7) is 16.5. The van der Waals surface area contributed by atoms with Crippen molar-refractivity contribution in [2.24, 2.45) is 5.92 Å². The van der Waals surface area contributed by atoms with Crippen LogP contribution < -0.4 is 15.3 Å². The molecule has 1 unspecified atom stereocenters. The van der Waals surface area contributed by atoms with Gasteiger partial charge in [-0.1, -0.05) is 38.1 Å². The van der Waals surface area contributed by atoms with Crippen LogP contribution in [0.2, 0.25) is 0 Å². The maximum absolute atomic E-state index is 10.4. The van der Waals surface area contributed by atoms with Gasteiger partial charge >= 0.3 is 7.12 Å². The van der Waals surface area contributed by atoms with Gasteiger partial charge in [0.2, 0.25) is 0 Å². The minimum Gasteiger partial charge on any atom is -0.399 e. The van der Waals surface area contributed by atoms with Gasteiger partial charge in [-0.25, -0.2) is 0 Å². The van der Waals surface area contributed by atoms with E-state index < -0.39 is 0 Å². The fourth-order valence-electron chi connectivity index (χ4n) is 4.53. The lowest BCUT2D eigenvalue weighted by Crippen LogP contribution is -2.46. The lowest BCUT2D eigenvalue weighted by atomic mass is 9.79. The number of piperazine rings is 1. The van der Waals surface area contributed by atoms with Crippen molar-refractivity contribution >= 4 is 24.0 Å². The first-order valence-corrected chi connectivity index (χ1v) is 12.3. The Kier molecular flexibility index (Phi) is 6.81. The van der Waals surface area contributed by atoms with Gasteiger partial charge in [0.25, 0.3) is 0 Å². The molecule has 0 aliphatic carbocycles. The summed E-state index contributed by atoms with van der Waals surface area (Å²) in [6.07, 6.45) is 0.418. The summed E-state index contributed by atoms with van der Waals surface area (Å²) in [5.74, 6) is 0.485. The van der Waals surface area contributed by atoms with Gasteiger partial charge in [0, 0.05) is 37.6 Å². The van der Waals surface area contributed by atoms with Gasteiger partial charge in [-0.3, -0.25) is 0 Å². The molecule has 2 aliphatic heterocycles. The third kappa shape index (κ3) is 5.23. The molecule has 33 heavy (non-hydrogen) atoms. The van der Waals surface area contributed by atoms with Gasteiger partial charge < -0.3 is 24.2 Å². The predicted octanol–water partition coefficient (Wildman–Crippen LogP) is 4.39. The second-order valence-corrected chi connectivity index (χ2v) is 10.9. The molecule has 1 N–H and O–H groups in total. The summed E-state index contributed by atoms with van der Waals surface area (Å²) < 4.78 is 12.4. The van der Waals surface area contributed by atoms with E-state index in [2.05, 4.69) is 99.9 Å². The molecule has 1 atom stereocenters. The Morgan fingerprint density at radius 2 is 1.21 bits per heavy atom. The first kappa shape index (κ1) is 24.1. The molecule has 0 bridgehead atoms. The molecule has 2 aromatic carbocycles.